The molecule has 0 N–H and O–H groups in total. The second-order valence-electron chi connectivity index (χ2n) is 2.37. The second kappa shape index (κ2) is 4.64. The van der Waals surface area contributed by atoms with Crippen LogP contribution in [0.3, 0.4) is 0 Å². The smallest absolute Gasteiger partial charge is 0.384 e. The van der Waals surface area contributed by atoms with Gasteiger partial charge in [-0.3, -0.25) is 0 Å². The lowest BCUT2D eigenvalue weighted by Crippen LogP contribution is -1.94. The predicted octanol–water partition coefficient (Wildman–Crippen LogP) is 2.00. The normalized spacial score (nSPS) is 8.79. The van der Waals surface area contributed by atoms with Crippen LogP contribution in [0.25, 0.3) is 0 Å². The maximum absolute atomic E-state index is 12.7. The van der Waals surface area contributed by atoms with Crippen LogP contribution in [0.4, 0.5) is 4.39 Å². The molecular formula is C10H6ClFO2. The summed E-state index contributed by atoms with van der Waals surface area (Å²) in [5, 5.41) is -0.0262. The van der Waals surface area contributed by atoms with Gasteiger partial charge in [0.05, 0.1) is 12.1 Å². The number of ether oxygens (including phenoxy) is 1. The minimum absolute atomic E-state index is 0.0262. The molecule has 14 heavy (non-hydrogen) atoms. The molecule has 0 saturated heterocycles. The van der Waals surface area contributed by atoms with E-state index < -0.39 is 11.8 Å². The number of hydrogen-bond donors (Lipinski definition) is 0. The Balaban J connectivity index is 2.91. The van der Waals surface area contributed by atoms with Gasteiger partial charge in [0, 0.05) is 11.5 Å². The van der Waals surface area contributed by atoms with E-state index in [0.29, 0.717) is 5.56 Å². The molecule has 0 spiro atoms. The zero-order valence-electron chi connectivity index (χ0n) is 7.30. The highest BCUT2D eigenvalue weighted by Crippen LogP contribution is 2.15. The van der Waals surface area contributed by atoms with Crippen molar-refractivity contribution in [1.29, 1.82) is 0 Å². The molecule has 0 heterocycles. The van der Waals surface area contributed by atoms with Gasteiger partial charge in [-0.1, -0.05) is 17.5 Å². The average molecular weight is 213 g/mol. The molecular weight excluding hydrogens is 207 g/mol. The van der Waals surface area contributed by atoms with Crippen molar-refractivity contribution in [2.24, 2.45) is 0 Å². The molecule has 0 saturated carbocycles. The van der Waals surface area contributed by atoms with E-state index in [-0.39, 0.29) is 5.02 Å². The fraction of sp³-hybridized carbons (Fsp3) is 0.100. The minimum atomic E-state index is -0.648. The van der Waals surface area contributed by atoms with E-state index in [2.05, 4.69) is 16.6 Å². The first-order chi connectivity index (χ1) is 6.63. The molecule has 0 atom stereocenters. The highest BCUT2D eigenvalue weighted by atomic mass is 35.5. The maximum Gasteiger partial charge on any atom is 0.384 e. The van der Waals surface area contributed by atoms with Crippen LogP contribution >= 0.6 is 11.6 Å². The van der Waals surface area contributed by atoms with Crippen molar-refractivity contribution in [2.45, 2.75) is 0 Å². The van der Waals surface area contributed by atoms with Gasteiger partial charge in [0.15, 0.2) is 0 Å². The van der Waals surface area contributed by atoms with Gasteiger partial charge < -0.3 is 4.74 Å². The lowest BCUT2D eigenvalue weighted by atomic mass is 10.2. The predicted molar refractivity (Wildman–Crippen MR) is 50.3 cm³/mol. The SMILES string of the molecule is COC(=O)C#Cc1ccc(F)c(Cl)c1. The number of carbonyl (C=O) groups is 1. The third-order valence-electron chi connectivity index (χ3n) is 1.41. The molecule has 4 heteroatoms. The van der Waals surface area contributed by atoms with Gasteiger partial charge in [0.2, 0.25) is 0 Å². The van der Waals surface area contributed by atoms with Crippen LogP contribution in [-0.2, 0) is 9.53 Å². The van der Waals surface area contributed by atoms with Crippen LogP contribution in [0.1, 0.15) is 5.56 Å². The first-order valence-corrected chi connectivity index (χ1v) is 4.06. The van der Waals surface area contributed by atoms with Crippen molar-refractivity contribution < 1.29 is 13.9 Å². The summed E-state index contributed by atoms with van der Waals surface area (Å²) in [7, 11) is 1.23. The molecule has 0 fully saturated rings. The van der Waals surface area contributed by atoms with E-state index >= 15 is 0 Å². The van der Waals surface area contributed by atoms with Gasteiger partial charge >= 0.3 is 5.97 Å². The van der Waals surface area contributed by atoms with Crippen molar-refractivity contribution in [2.75, 3.05) is 7.11 Å². The lowest BCUT2D eigenvalue weighted by molar-refractivity contribution is -0.133. The average Bonchev–Trinajstić information content (AvgIpc) is 2.19. The summed E-state index contributed by atoms with van der Waals surface area (Å²) >= 11 is 5.50. The van der Waals surface area contributed by atoms with E-state index in [1.54, 1.807) is 0 Å². The standard InChI is InChI=1S/C10H6ClFO2/c1-14-10(13)5-3-7-2-4-9(12)8(11)6-7/h2,4,6H,1H3. The Morgan fingerprint density at radius 2 is 2.29 bits per heavy atom. The van der Waals surface area contributed by atoms with E-state index in [1.807, 2.05) is 0 Å². The number of methoxy groups -OCH3 is 1. The van der Waals surface area contributed by atoms with Gasteiger partial charge in [-0.25, -0.2) is 9.18 Å². The van der Waals surface area contributed by atoms with Gasteiger partial charge in [-0.05, 0) is 18.2 Å². The highest BCUT2D eigenvalue weighted by Gasteiger charge is 1.98. The molecule has 1 aromatic rings. The first kappa shape index (κ1) is 10.6. The molecule has 2 nitrogen and oxygen atoms in total. The Kier molecular flexibility index (Phi) is 3.49. The fourth-order valence-corrected chi connectivity index (χ4v) is 0.929. The molecule has 0 radical (unpaired) electrons. The molecule has 0 unspecified atom stereocenters. The number of halogens is 2. The highest BCUT2D eigenvalue weighted by molar-refractivity contribution is 6.30. The Bertz CT molecular complexity index is 418. The van der Waals surface area contributed by atoms with E-state index in [9.17, 15) is 9.18 Å². The van der Waals surface area contributed by atoms with Crippen LogP contribution in [-0.4, -0.2) is 13.1 Å². The fourth-order valence-electron chi connectivity index (χ4n) is 0.748. The Hall–Kier alpha value is -1.53. The molecule has 0 aliphatic heterocycles. The summed E-state index contributed by atoms with van der Waals surface area (Å²) in [6, 6.07) is 3.95. The largest absolute Gasteiger partial charge is 0.459 e. The summed E-state index contributed by atoms with van der Waals surface area (Å²) in [4.78, 5) is 10.6. The summed E-state index contributed by atoms with van der Waals surface area (Å²) in [6.07, 6.45) is 0. The van der Waals surface area contributed by atoms with Crippen LogP contribution < -0.4 is 0 Å². The molecule has 1 rings (SSSR count). The molecule has 0 bridgehead atoms. The number of carbonyl (C=O) groups excluding carboxylic acids is 1. The van der Waals surface area contributed by atoms with E-state index in [0.717, 1.165) is 0 Å². The molecule has 1 aromatic carbocycles. The van der Waals surface area contributed by atoms with Crippen molar-refractivity contribution in [3.05, 3.63) is 34.6 Å². The first-order valence-electron chi connectivity index (χ1n) is 3.68. The van der Waals surface area contributed by atoms with Crippen LogP contribution in [0.2, 0.25) is 5.02 Å². The third-order valence-corrected chi connectivity index (χ3v) is 1.70. The zero-order chi connectivity index (χ0) is 10.6. The van der Waals surface area contributed by atoms with E-state index in [4.69, 9.17) is 11.6 Å². The summed E-state index contributed by atoms with van der Waals surface area (Å²) in [5.74, 6) is 3.52. The number of esters is 1. The topological polar surface area (TPSA) is 26.3 Å². The van der Waals surface area contributed by atoms with Crippen LogP contribution in [0, 0.1) is 17.7 Å². The third kappa shape index (κ3) is 2.75. The van der Waals surface area contributed by atoms with Gasteiger partial charge in [-0.15, -0.1) is 0 Å². The summed E-state index contributed by atoms with van der Waals surface area (Å²) in [5.41, 5.74) is 0.460. The molecule has 0 aliphatic rings. The lowest BCUT2D eigenvalue weighted by Gasteiger charge is -1.93. The van der Waals surface area contributed by atoms with Crippen molar-refractivity contribution in [3.63, 3.8) is 0 Å². The maximum atomic E-state index is 12.7. The Morgan fingerprint density at radius 1 is 1.57 bits per heavy atom. The minimum Gasteiger partial charge on any atom is -0.459 e. The summed E-state index contributed by atoms with van der Waals surface area (Å²) < 4.78 is 17.0. The molecule has 0 aliphatic carbocycles. The molecule has 0 amide bonds. The van der Waals surface area contributed by atoms with E-state index in [1.165, 1.54) is 25.3 Å². The Labute approximate surface area is 85.6 Å². The van der Waals surface area contributed by atoms with Gasteiger partial charge in [0.1, 0.15) is 5.82 Å². The van der Waals surface area contributed by atoms with Crippen LogP contribution in [0.15, 0.2) is 18.2 Å². The molecule has 0 aromatic heterocycles. The van der Waals surface area contributed by atoms with Gasteiger partial charge in [-0.2, -0.15) is 0 Å². The van der Waals surface area contributed by atoms with Crippen molar-refractivity contribution in [1.82, 2.24) is 0 Å². The van der Waals surface area contributed by atoms with Gasteiger partial charge in [0.25, 0.3) is 0 Å². The zero-order valence-corrected chi connectivity index (χ0v) is 8.06. The monoisotopic (exact) mass is 212 g/mol. The molecule has 72 valence electrons. The van der Waals surface area contributed by atoms with Crippen molar-refractivity contribution >= 4 is 17.6 Å². The van der Waals surface area contributed by atoms with Crippen LogP contribution in [0.5, 0.6) is 0 Å². The number of benzene rings is 1. The van der Waals surface area contributed by atoms with Crippen molar-refractivity contribution in [3.8, 4) is 11.8 Å². The quantitative estimate of drug-likeness (QED) is 0.486. The second-order valence-corrected chi connectivity index (χ2v) is 2.78. The number of rotatable bonds is 0. The summed E-state index contributed by atoms with van der Waals surface area (Å²) in [6.45, 7) is 0. The number of hydrogen-bond acceptors (Lipinski definition) is 2. The Morgan fingerprint density at radius 3 is 2.86 bits per heavy atom.